The van der Waals surface area contributed by atoms with E-state index in [2.05, 4.69) is 5.32 Å². The van der Waals surface area contributed by atoms with Crippen LogP contribution in [0.15, 0.2) is 102 Å². The van der Waals surface area contributed by atoms with E-state index in [0.29, 0.717) is 10.7 Å². The van der Waals surface area contributed by atoms with Crippen LogP contribution in [-0.4, -0.2) is 43.8 Å². The molecule has 2 amide bonds. The Kier molecular flexibility index (Phi) is 11.6. The summed E-state index contributed by atoms with van der Waals surface area (Å²) < 4.78 is 29.7. The van der Waals surface area contributed by atoms with Crippen LogP contribution in [0.3, 0.4) is 0 Å². The van der Waals surface area contributed by atoms with Crippen molar-refractivity contribution < 1.29 is 18.0 Å². The summed E-state index contributed by atoms with van der Waals surface area (Å²) in [5, 5.41) is 3.65. The molecule has 0 radical (unpaired) electrons. The number of hydrogen-bond acceptors (Lipinski definition) is 4. The minimum Gasteiger partial charge on any atom is -0.352 e. The molecule has 1 fully saturated rings. The van der Waals surface area contributed by atoms with Crippen molar-refractivity contribution >= 4 is 39.1 Å². The molecular weight excluding hydrogens is 642 g/mol. The van der Waals surface area contributed by atoms with Gasteiger partial charge in [-0.05, 0) is 92.3 Å². The standard InChI is InChI=1S/C39H44ClN3O4S/c1-28-14-17-32(18-15-28)26-42(37(25-31-10-6-4-7-11-31)39(45)41-34-12-8-5-9-13-34)38(44)27-43(35-21-16-29(2)30(3)24-35)48(46,47)36-22-19-33(40)20-23-36/h4,6-7,10-11,14-24,34,37H,5,8-9,12-13,25-27H2,1-3H3,(H,41,45)/t37-/m1/s1. The van der Waals surface area contributed by atoms with Crippen molar-refractivity contribution in [1.82, 2.24) is 10.2 Å². The van der Waals surface area contributed by atoms with Crippen molar-refractivity contribution in [2.24, 2.45) is 0 Å². The van der Waals surface area contributed by atoms with Gasteiger partial charge in [0.05, 0.1) is 10.6 Å². The van der Waals surface area contributed by atoms with E-state index < -0.39 is 28.5 Å². The second-order valence-electron chi connectivity index (χ2n) is 12.8. The quantitative estimate of drug-likeness (QED) is 0.167. The van der Waals surface area contributed by atoms with Crippen molar-refractivity contribution in [1.29, 1.82) is 0 Å². The predicted octanol–water partition coefficient (Wildman–Crippen LogP) is 7.55. The molecule has 0 bridgehead atoms. The lowest BCUT2D eigenvalue weighted by Gasteiger charge is -2.35. The van der Waals surface area contributed by atoms with Crippen LogP contribution in [0.5, 0.6) is 0 Å². The zero-order valence-corrected chi connectivity index (χ0v) is 29.4. The van der Waals surface area contributed by atoms with E-state index in [4.69, 9.17) is 11.6 Å². The number of hydrogen-bond donors (Lipinski definition) is 1. The summed E-state index contributed by atoms with van der Waals surface area (Å²) in [6.45, 7) is 5.48. The highest BCUT2D eigenvalue weighted by Crippen LogP contribution is 2.28. The van der Waals surface area contributed by atoms with Crippen LogP contribution in [0, 0.1) is 20.8 Å². The Balaban J connectivity index is 1.57. The first-order valence-electron chi connectivity index (χ1n) is 16.6. The van der Waals surface area contributed by atoms with Gasteiger partial charge in [0.25, 0.3) is 10.0 Å². The zero-order valence-electron chi connectivity index (χ0n) is 27.9. The first kappa shape index (κ1) is 35.2. The van der Waals surface area contributed by atoms with E-state index in [1.807, 2.05) is 81.4 Å². The average Bonchev–Trinajstić information content (AvgIpc) is 3.08. The summed E-state index contributed by atoms with van der Waals surface area (Å²) in [7, 11) is -4.21. The second kappa shape index (κ2) is 15.8. The molecule has 0 aromatic heterocycles. The van der Waals surface area contributed by atoms with E-state index >= 15 is 0 Å². The second-order valence-corrected chi connectivity index (χ2v) is 15.1. The number of carbonyl (C=O) groups excluding carboxylic acids is 2. The van der Waals surface area contributed by atoms with Gasteiger partial charge in [-0.2, -0.15) is 0 Å². The van der Waals surface area contributed by atoms with E-state index in [9.17, 15) is 18.0 Å². The Morgan fingerprint density at radius 2 is 1.48 bits per heavy atom. The summed E-state index contributed by atoms with van der Waals surface area (Å²) in [6, 6.07) is 27.9. The molecular formula is C39H44ClN3O4S. The molecule has 9 heteroatoms. The van der Waals surface area contributed by atoms with Crippen LogP contribution in [0.2, 0.25) is 5.02 Å². The zero-order chi connectivity index (χ0) is 34.3. The molecule has 0 unspecified atom stereocenters. The van der Waals surface area contributed by atoms with Gasteiger partial charge in [0.1, 0.15) is 12.6 Å². The highest BCUT2D eigenvalue weighted by atomic mass is 35.5. The summed E-state index contributed by atoms with van der Waals surface area (Å²) in [4.78, 5) is 30.5. The fourth-order valence-electron chi connectivity index (χ4n) is 6.13. The Morgan fingerprint density at radius 3 is 2.12 bits per heavy atom. The van der Waals surface area contributed by atoms with Crippen LogP contribution in [0.25, 0.3) is 0 Å². The molecule has 1 saturated carbocycles. The molecule has 1 atom stereocenters. The topological polar surface area (TPSA) is 86.8 Å². The molecule has 252 valence electrons. The number of carbonyl (C=O) groups is 2. The third kappa shape index (κ3) is 8.85. The lowest BCUT2D eigenvalue weighted by Crippen LogP contribution is -2.55. The van der Waals surface area contributed by atoms with Gasteiger partial charge in [-0.25, -0.2) is 8.42 Å². The number of amides is 2. The third-order valence-electron chi connectivity index (χ3n) is 9.16. The number of nitrogens with zero attached hydrogens (tertiary/aromatic N) is 2. The maximum atomic E-state index is 14.7. The molecule has 0 spiro atoms. The monoisotopic (exact) mass is 685 g/mol. The number of anilines is 1. The number of halogens is 1. The Hall–Kier alpha value is -4.14. The summed E-state index contributed by atoms with van der Waals surface area (Å²) in [5.74, 6) is -0.712. The molecule has 4 aromatic carbocycles. The van der Waals surface area contributed by atoms with Gasteiger partial charge in [0, 0.05) is 24.0 Å². The van der Waals surface area contributed by atoms with E-state index in [1.54, 1.807) is 17.0 Å². The number of aryl methyl sites for hydroxylation is 3. The highest BCUT2D eigenvalue weighted by molar-refractivity contribution is 7.92. The summed E-state index contributed by atoms with van der Waals surface area (Å²) >= 11 is 6.10. The van der Waals surface area contributed by atoms with Gasteiger partial charge in [0.2, 0.25) is 11.8 Å². The SMILES string of the molecule is Cc1ccc(CN(C(=O)CN(c2ccc(C)c(C)c2)S(=O)(=O)c2ccc(Cl)cc2)[C@H](Cc2ccccc2)C(=O)NC2CCCCC2)cc1. The van der Waals surface area contributed by atoms with Gasteiger partial charge >= 0.3 is 0 Å². The molecule has 1 aliphatic rings. The Morgan fingerprint density at radius 1 is 0.812 bits per heavy atom. The van der Waals surface area contributed by atoms with Gasteiger partial charge in [-0.3, -0.25) is 13.9 Å². The first-order chi connectivity index (χ1) is 23.0. The van der Waals surface area contributed by atoms with Crippen LogP contribution in [0.1, 0.15) is 59.9 Å². The van der Waals surface area contributed by atoms with Crippen LogP contribution in [0.4, 0.5) is 5.69 Å². The lowest BCUT2D eigenvalue weighted by atomic mass is 9.94. The number of benzene rings is 4. The predicted molar refractivity (Wildman–Crippen MR) is 193 cm³/mol. The van der Waals surface area contributed by atoms with Crippen molar-refractivity contribution in [2.75, 3.05) is 10.8 Å². The van der Waals surface area contributed by atoms with Crippen molar-refractivity contribution in [3.05, 3.63) is 130 Å². The highest BCUT2D eigenvalue weighted by Gasteiger charge is 2.35. The Bertz CT molecular complexity index is 1810. The van der Waals surface area contributed by atoms with Crippen molar-refractivity contribution in [2.45, 2.75) is 82.8 Å². The fourth-order valence-corrected chi connectivity index (χ4v) is 7.66. The molecule has 5 rings (SSSR count). The minimum absolute atomic E-state index is 0.0129. The summed E-state index contributed by atoms with van der Waals surface area (Å²) in [6.07, 6.45) is 5.33. The molecule has 0 aliphatic heterocycles. The maximum Gasteiger partial charge on any atom is 0.264 e. The number of rotatable bonds is 12. The normalized spacial score (nSPS) is 14.2. The molecule has 48 heavy (non-hydrogen) atoms. The van der Waals surface area contributed by atoms with E-state index in [0.717, 1.165) is 64.2 Å². The smallest absolute Gasteiger partial charge is 0.264 e. The number of nitrogens with one attached hydrogen (secondary N) is 1. The van der Waals surface area contributed by atoms with Crippen molar-refractivity contribution in [3.63, 3.8) is 0 Å². The largest absolute Gasteiger partial charge is 0.352 e. The summed E-state index contributed by atoms with van der Waals surface area (Å²) in [5.41, 5.74) is 5.07. The average molecular weight is 686 g/mol. The number of sulfonamides is 1. The van der Waals surface area contributed by atoms with Crippen LogP contribution < -0.4 is 9.62 Å². The van der Waals surface area contributed by atoms with Gasteiger partial charge in [-0.1, -0.05) is 97.1 Å². The van der Waals surface area contributed by atoms with Gasteiger partial charge in [-0.15, -0.1) is 0 Å². The van der Waals surface area contributed by atoms with Crippen LogP contribution in [-0.2, 0) is 32.6 Å². The Labute approximate surface area is 290 Å². The maximum absolute atomic E-state index is 14.7. The van der Waals surface area contributed by atoms with Gasteiger partial charge in [0.15, 0.2) is 0 Å². The van der Waals surface area contributed by atoms with Crippen molar-refractivity contribution in [3.8, 4) is 0 Å². The molecule has 0 heterocycles. The molecule has 7 nitrogen and oxygen atoms in total. The van der Waals surface area contributed by atoms with E-state index in [1.165, 1.54) is 24.3 Å². The molecule has 0 saturated heterocycles. The third-order valence-corrected chi connectivity index (χ3v) is 11.2. The van der Waals surface area contributed by atoms with E-state index in [-0.39, 0.29) is 29.8 Å². The minimum atomic E-state index is -4.21. The first-order valence-corrected chi connectivity index (χ1v) is 18.4. The lowest BCUT2D eigenvalue weighted by molar-refractivity contribution is -0.140. The molecule has 4 aromatic rings. The van der Waals surface area contributed by atoms with Crippen LogP contribution >= 0.6 is 11.6 Å². The van der Waals surface area contributed by atoms with Gasteiger partial charge < -0.3 is 10.2 Å². The molecule has 1 aliphatic carbocycles. The molecule has 1 N–H and O–H groups in total. The fraction of sp³-hybridized carbons (Fsp3) is 0.333.